The molecule has 4 nitrogen and oxygen atoms in total. The number of carbonyl (C=O) groups excluding carboxylic acids is 1. The maximum absolute atomic E-state index is 12.1. The van der Waals surface area contributed by atoms with Gasteiger partial charge in [0.25, 0.3) is 0 Å². The SMILES string of the molecule is C=C(CC(=O)c1ccccc1)Nc1ccc2c(c1)OCO2. The van der Waals surface area contributed by atoms with Gasteiger partial charge in [0.2, 0.25) is 6.79 Å². The van der Waals surface area contributed by atoms with Gasteiger partial charge in [0.15, 0.2) is 17.3 Å². The number of ether oxygens (including phenoxy) is 2. The normalized spacial score (nSPS) is 12.0. The second kappa shape index (κ2) is 5.71. The largest absolute Gasteiger partial charge is 0.454 e. The predicted octanol–water partition coefficient (Wildman–Crippen LogP) is 3.61. The van der Waals surface area contributed by atoms with Crippen LogP contribution in [0.5, 0.6) is 11.5 Å². The highest BCUT2D eigenvalue weighted by molar-refractivity contribution is 5.97. The first kappa shape index (κ1) is 13.2. The van der Waals surface area contributed by atoms with E-state index in [1.165, 1.54) is 0 Å². The van der Waals surface area contributed by atoms with E-state index in [9.17, 15) is 4.79 Å². The lowest BCUT2D eigenvalue weighted by Crippen LogP contribution is -2.06. The standard InChI is InChI=1S/C17H15NO3/c1-12(9-15(19)13-5-3-2-4-6-13)18-14-7-8-16-17(10-14)21-11-20-16/h2-8,10,18H,1,9,11H2. The first-order valence-electron chi connectivity index (χ1n) is 6.65. The second-order valence-corrected chi connectivity index (χ2v) is 4.76. The fraction of sp³-hybridized carbons (Fsp3) is 0.118. The molecule has 1 aliphatic heterocycles. The van der Waals surface area contributed by atoms with E-state index in [0.29, 0.717) is 17.0 Å². The Morgan fingerprint density at radius 1 is 1.10 bits per heavy atom. The van der Waals surface area contributed by atoms with Crippen molar-refractivity contribution in [2.24, 2.45) is 0 Å². The summed E-state index contributed by atoms with van der Waals surface area (Å²) in [5, 5.41) is 3.12. The van der Waals surface area contributed by atoms with Crippen LogP contribution in [-0.4, -0.2) is 12.6 Å². The summed E-state index contributed by atoms with van der Waals surface area (Å²) in [6, 6.07) is 14.7. The highest BCUT2D eigenvalue weighted by atomic mass is 16.7. The summed E-state index contributed by atoms with van der Waals surface area (Å²) in [6.45, 7) is 4.15. The minimum atomic E-state index is 0.0360. The van der Waals surface area contributed by atoms with Gasteiger partial charge in [0.1, 0.15) is 0 Å². The molecule has 0 fully saturated rings. The number of anilines is 1. The van der Waals surface area contributed by atoms with E-state index in [-0.39, 0.29) is 19.0 Å². The molecule has 1 aliphatic rings. The third-order valence-corrected chi connectivity index (χ3v) is 3.16. The molecular formula is C17H15NO3. The summed E-state index contributed by atoms with van der Waals surface area (Å²) in [7, 11) is 0. The number of benzene rings is 2. The summed E-state index contributed by atoms with van der Waals surface area (Å²) >= 11 is 0. The van der Waals surface area contributed by atoms with Crippen LogP contribution in [0, 0.1) is 0 Å². The van der Waals surface area contributed by atoms with E-state index < -0.39 is 0 Å². The lowest BCUT2D eigenvalue weighted by atomic mass is 10.1. The van der Waals surface area contributed by atoms with Crippen molar-refractivity contribution < 1.29 is 14.3 Å². The molecular weight excluding hydrogens is 266 g/mol. The molecule has 0 saturated heterocycles. The summed E-state index contributed by atoms with van der Waals surface area (Å²) in [4.78, 5) is 12.1. The monoisotopic (exact) mass is 281 g/mol. The highest BCUT2D eigenvalue weighted by Crippen LogP contribution is 2.34. The smallest absolute Gasteiger partial charge is 0.231 e. The lowest BCUT2D eigenvalue weighted by Gasteiger charge is -2.09. The van der Waals surface area contributed by atoms with Crippen molar-refractivity contribution in [2.45, 2.75) is 6.42 Å². The number of allylic oxidation sites excluding steroid dienone is 1. The van der Waals surface area contributed by atoms with Crippen molar-refractivity contribution in [3.63, 3.8) is 0 Å². The van der Waals surface area contributed by atoms with E-state index in [1.54, 1.807) is 12.1 Å². The number of hydrogen-bond acceptors (Lipinski definition) is 4. The Balaban J connectivity index is 1.63. The van der Waals surface area contributed by atoms with Crippen LogP contribution in [0.4, 0.5) is 5.69 Å². The van der Waals surface area contributed by atoms with Crippen LogP contribution in [0.1, 0.15) is 16.8 Å². The molecule has 0 unspecified atom stereocenters. The first-order chi connectivity index (χ1) is 10.2. The molecule has 0 spiro atoms. The van der Waals surface area contributed by atoms with Gasteiger partial charge in [0.05, 0.1) is 6.42 Å². The van der Waals surface area contributed by atoms with Gasteiger partial charge < -0.3 is 14.8 Å². The highest BCUT2D eigenvalue weighted by Gasteiger charge is 2.14. The molecule has 2 aromatic rings. The molecule has 2 aromatic carbocycles. The number of rotatable bonds is 5. The molecule has 1 heterocycles. The van der Waals surface area contributed by atoms with E-state index in [0.717, 1.165) is 11.4 Å². The van der Waals surface area contributed by atoms with Crippen molar-refractivity contribution in [1.29, 1.82) is 0 Å². The van der Waals surface area contributed by atoms with Gasteiger partial charge in [-0.1, -0.05) is 36.9 Å². The Morgan fingerprint density at radius 3 is 2.67 bits per heavy atom. The Hall–Kier alpha value is -2.75. The average molecular weight is 281 g/mol. The van der Waals surface area contributed by atoms with Gasteiger partial charge in [-0.25, -0.2) is 0 Å². The van der Waals surface area contributed by atoms with Crippen molar-refractivity contribution in [1.82, 2.24) is 0 Å². The second-order valence-electron chi connectivity index (χ2n) is 4.76. The third kappa shape index (κ3) is 3.05. The minimum absolute atomic E-state index is 0.0360. The fourth-order valence-electron chi connectivity index (χ4n) is 2.14. The van der Waals surface area contributed by atoms with Gasteiger partial charge >= 0.3 is 0 Å². The van der Waals surface area contributed by atoms with Crippen LogP contribution in [0.3, 0.4) is 0 Å². The molecule has 1 N–H and O–H groups in total. The molecule has 0 bridgehead atoms. The van der Waals surface area contributed by atoms with Crippen LogP contribution < -0.4 is 14.8 Å². The zero-order valence-electron chi connectivity index (χ0n) is 11.5. The van der Waals surface area contributed by atoms with Gasteiger partial charge in [-0.2, -0.15) is 0 Å². The fourth-order valence-corrected chi connectivity index (χ4v) is 2.14. The maximum Gasteiger partial charge on any atom is 0.231 e. The van der Waals surface area contributed by atoms with Crippen molar-refractivity contribution in [3.05, 3.63) is 66.4 Å². The number of Topliss-reactive ketones (excluding diaryl/α,β-unsaturated/α-hetero) is 1. The van der Waals surface area contributed by atoms with Crippen LogP contribution >= 0.6 is 0 Å². The molecule has 0 saturated carbocycles. The van der Waals surface area contributed by atoms with Gasteiger partial charge in [-0.05, 0) is 12.1 Å². The van der Waals surface area contributed by atoms with E-state index >= 15 is 0 Å². The van der Waals surface area contributed by atoms with E-state index in [4.69, 9.17) is 9.47 Å². The van der Waals surface area contributed by atoms with Gasteiger partial charge in [-0.3, -0.25) is 4.79 Å². The average Bonchev–Trinajstić information content (AvgIpc) is 2.95. The number of fused-ring (bicyclic) bond motifs is 1. The molecule has 0 radical (unpaired) electrons. The maximum atomic E-state index is 12.1. The third-order valence-electron chi connectivity index (χ3n) is 3.16. The summed E-state index contributed by atoms with van der Waals surface area (Å²) in [6.07, 6.45) is 0.248. The molecule has 21 heavy (non-hydrogen) atoms. The number of nitrogens with one attached hydrogen (secondary N) is 1. The van der Waals surface area contributed by atoms with Crippen LogP contribution in [0.25, 0.3) is 0 Å². The Bertz CT molecular complexity index is 680. The van der Waals surface area contributed by atoms with Gasteiger partial charge in [-0.15, -0.1) is 0 Å². The summed E-state index contributed by atoms with van der Waals surface area (Å²) in [5.74, 6) is 1.46. The quantitative estimate of drug-likeness (QED) is 0.850. The van der Waals surface area contributed by atoms with E-state index in [2.05, 4.69) is 11.9 Å². The lowest BCUT2D eigenvalue weighted by molar-refractivity contribution is 0.0993. The Morgan fingerprint density at radius 2 is 1.86 bits per heavy atom. The van der Waals surface area contributed by atoms with Crippen molar-refractivity contribution in [2.75, 3.05) is 12.1 Å². The molecule has 0 amide bonds. The van der Waals surface area contributed by atoms with Gasteiger partial charge in [0, 0.05) is 23.0 Å². The van der Waals surface area contributed by atoms with Crippen LogP contribution in [-0.2, 0) is 0 Å². The summed E-state index contributed by atoms with van der Waals surface area (Å²) in [5.41, 5.74) is 2.15. The van der Waals surface area contributed by atoms with Crippen molar-refractivity contribution in [3.8, 4) is 11.5 Å². The molecule has 0 aromatic heterocycles. The predicted molar refractivity (Wildman–Crippen MR) is 80.7 cm³/mol. The summed E-state index contributed by atoms with van der Waals surface area (Å²) < 4.78 is 10.6. The zero-order chi connectivity index (χ0) is 14.7. The number of carbonyl (C=O) groups is 1. The van der Waals surface area contributed by atoms with Crippen LogP contribution in [0.2, 0.25) is 0 Å². The number of ketones is 1. The topological polar surface area (TPSA) is 47.6 Å². The van der Waals surface area contributed by atoms with Crippen LogP contribution in [0.15, 0.2) is 60.8 Å². The molecule has 0 atom stereocenters. The molecule has 106 valence electrons. The number of hydrogen-bond donors (Lipinski definition) is 1. The molecule has 0 aliphatic carbocycles. The minimum Gasteiger partial charge on any atom is -0.454 e. The molecule has 3 rings (SSSR count). The Kier molecular flexibility index (Phi) is 3.60. The zero-order valence-corrected chi connectivity index (χ0v) is 11.5. The molecule has 4 heteroatoms. The first-order valence-corrected chi connectivity index (χ1v) is 6.65. The Labute approximate surface area is 123 Å². The van der Waals surface area contributed by atoms with E-state index in [1.807, 2.05) is 36.4 Å². The van der Waals surface area contributed by atoms with Crippen molar-refractivity contribution >= 4 is 11.5 Å².